The summed E-state index contributed by atoms with van der Waals surface area (Å²) in [5.74, 6) is 0.0965. The van der Waals surface area contributed by atoms with Crippen LogP contribution in [0.2, 0.25) is 0 Å². The van der Waals surface area contributed by atoms with Crippen LogP contribution in [-0.2, 0) is 4.74 Å². The largest absolute Gasteiger partial charge is 0.394 e. The first kappa shape index (κ1) is 22.7. The van der Waals surface area contributed by atoms with Crippen molar-refractivity contribution in [2.24, 2.45) is 0 Å². The number of ketones is 1. The number of hydrogen-bond acceptors (Lipinski definition) is 7. The number of benzene rings is 2. The van der Waals surface area contributed by atoms with Gasteiger partial charge in [0.1, 0.15) is 17.8 Å². The molecule has 0 aliphatic carbocycles. The van der Waals surface area contributed by atoms with Crippen molar-refractivity contribution < 1.29 is 19.4 Å². The minimum Gasteiger partial charge on any atom is -0.394 e. The lowest BCUT2D eigenvalue weighted by atomic mass is 10.0. The summed E-state index contributed by atoms with van der Waals surface area (Å²) in [4.78, 5) is 37.6. The Hall–Kier alpha value is -4.08. The van der Waals surface area contributed by atoms with Crippen LogP contribution >= 0.6 is 0 Å². The second-order valence-corrected chi connectivity index (χ2v) is 8.43. The Kier molecular flexibility index (Phi) is 6.51. The van der Waals surface area contributed by atoms with Gasteiger partial charge in [0.15, 0.2) is 5.78 Å². The maximum Gasteiger partial charge on any atom is 0.255 e. The van der Waals surface area contributed by atoms with Crippen LogP contribution in [0.4, 0.5) is 11.5 Å². The Morgan fingerprint density at radius 2 is 1.80 bits per heavy atom. The first-order valence-electron chi connectivity index (χ1n) is 11.4. The van der Waals surface area contributed by atoms with Crippen LogP contribution < -0.4 is 10.6 Å². The average Bonchev–Trinajstić information content (AvgIpc) is 3.35. The van der Waals surface area contributed by atoms with Gasteiger partial charge >= 0.3 is 0 Å². The van der Waals surface area contributed by atoms with E-state index in [9.17, 15) is 14.7 Å². The van der Waals surface area contributed by atoms with Crippen LogP contribution in [0.3, 0.4) is 0 Å². The van der Waals surface area contributed by atoms with Crippen molar-refractivity contribution in [3.05, 3.63) is 83.8 Å². The van der Waals surface area contributed by atoms with E-state index >= 15 is 0 Å². The number of ether oxygens (including phenoxy) is 1. The standard InChI is InChI=1S/C26H25N5O4/c32-13-20-11-10-19(14-35-20)30-25-22-21(12-27-24(22)28-15-29-25)23(33)16-6-8-17(9-7-16)26(34)31-18-4-2-1-3-5-18/h1-9,12,15,19-20,32H,10-11,13-14H2,(H,31,34)(H2,27,28,29,30)/t19-,20-/m0/s1. The first-order valence-corrected chi connectivity index (χ1v) is 11.4. The smallest absolute Gasteiger partial charge is 0.255 e. The van der Waals surface area contributed by atoms with Gasteiger partial charge in [-0.05, 0) is 37.1 Å². The Morgan fingerprint density at radius 1 is 1.03 bits per heavy atom. The molecule has 0 bridgehead atoms. The number of para-hydroxylation sites is 1. The summed E-state index contributed by atoms with van der Waals surface area (Å²) < 4.78 is 5.66. The van der Waals surface area contributed by atoms with Crippen molar-refractivity contribution in [2.75, 3.05) is 23.8 Å². The van der Waals surface area contributed by atoms with E-state index in [4.69, 9.17) is 4.74 Å². The molecule has 2 aromatic heterocycles. The third-order valence-electron chi connectivity index (χ3n) is 6.07. The number of aromatic amines is 1. The van der Waals surface area contributed by atoms with E-state index in [-0.39, 0.29) is 30.4 Å². The van der Waals surface area contributed by atoms with Crippen LogP contribution in [0.25, 0.3) is 11.0 Å². The van der Waals surface area contributed by atoms with Crippen LogP contribution in [0, 0.1) is 0 Å². The molecule has 0 spiro atoms. The summed E-state index contributed by atoms with van der Waals surface area (Å²) in [6.45, 7) is 0.449. The lowest BCUT2D eigenvalue weighted by molar-refractivity contribution is -0.0224. The molecule has 1 fully saturated rings. The topological polar surface area (TPSA) is 129 Å². The molecule has 1 saturated heterocycles. The second kappa shape index (κ2) is 10.0. The first-order chi connectivity index (χ1) is 17.1. The fourth-order valence-electron chi connectivity index (χ4n) is 4.16. The van der Waals surface area contributed by atoms with Crippen LogP contribution in [0.1, 0.15) is 39.1 Å². The molecule has 9 heteroatoms. The molecule has 1 aliphatic rings. The maximum absolute atomic E-state index is 13.4. The number of aliphatic hydroxyl groups excluding tert-OH is 1. The lowest BCUT2D eigenvalue weighted by Gasteiger charge is -2.29. The van der Waals surface area contributed by atoms with Crippen molar-refractivity contribution in [2.45, 2.75) is 25.0 Å². The number of carbonyl (C=O) groups is 2. The number of nitrogens with one attached hydrogen (secondary N) is 3. The van der Waals surface area contributed by atoms with Gasteiger partial charge in [-0.1, -0.05) is 30.3 Å². The minimum absolute atomic E-state index is 0.00758. The highest BCUT2D eigenvalue weighted by Gasteiger charge is 2.24. The Morgan fingerprint density at radius 3 is 2.51 bits per heavy atom. The molecule has 5 rings (SSSR count). The lowest BCUT2D eigenvalue weighted by Crippen LogP contribution is -2.36. The maximum atomic E-state index is 13.4. The molecule has 2 atom stereocenters. The van der Waals surface area contributed by atoms with Gasteiger partial charge in [-0.2, -0.15) is 0 Å². The van der Waals surface area contributed by atoms with Crippen molar-refractivity contribution in [3.8, 4) is 0 Å². The van der Waals surface area contributed by atoms with E-state index in [1.807, 2.05) is 30.3 Å². The Labute approximate surface area is 201 Å². The molecule has 178 valence electrons. The number of fused-ring (bicyclic) bond motifs is 1. The summed E-state index contributed by atoms with van der Waals surface area (Å²) in [5, 5.41) is 16.1. The zero-order chi connectivity index (χ0) is 24.2. The highest BCUT2D eigenvalue weighted by Crippen LogP contribution is 2.27. The zero-order valence-corrected chi connectivity index (χ0v) is 18.9. The normalized spacial score (nSPS) is 17.7. The van der Waals surface area contributed by atoms with Gasteiger partial charge in [0.2, 0.25) is 0 Å². The summed E-state index contributed by atoms with van der Waals surface area (Å²) in [6.07, 6.45) is 4.49. The fourth-order valence-corrected chi connectivity index (χ4v) is 4.16. The molecule has 2 aromatic carbocycles. The number of amides is 1. The van der Waals surface area contributed by atoms with Crippen molar-refractivity contribution in [3.63, 3.8) is 0 Å². The average molecular weight is 472 g/mol. The Balaban J connectivity index is 1.35. The third-order valence-corrected chi connectivity index (χ3v) is 6.07. The molecule has 0 radical (unpaired) electrons. The summed E-state index contributed by atoms with van der Waals surface area (Å²) in [5.41, 5.74) is 2.59. The molecule has 4 N–H and O–H groups in total. The highest BCUT2D eigenvalue weighted by molar-refractivity contribution is 6.18. The van der Waals surface area contributed by atoms with E-state index < -0.39 is 0 Å². The third kappa shape index (κ3) is 4.91. The van der Waals surface area contributed by atoms with Crippen LogP contribution in [0.15, 0.2) is 67.1 Å². The van der Waals surface area contributed by atoms with Crippen molar-refractivity contribution >= 4 is 34.2 Å². The van der Waals surface area contributed by atoms with Gasteiger partial charge in [0, 0.05) is 23.0 Å². The minimum atomic E-state index is -0.250. The number of carbonyl (C=O) groups excluding carboxylic acids is 2. The molecule has 0 unspecified atom stereocenters. The van der Waals surface area contributed by atoms with Gasteiger partial charge in [-0.15, -0.1) is 0 Å². The fraction of sp³-hybridized carbons (Fsp3) is 0.231. The van der Waals surface area contributed by atoms with E-state index in [0.717, 1.165) is 12.8 Å². The molecule has 4 aromatic rings. The predicted molar refractivity (Wildman–Crippen MR) is 132 cm³/mol. The molecule has 1 aliphatic heterocycles. The summed E-state index contributed by atoms with van der Waals surface area (Å²) in [7, 11) is 0. The second-order valence-electron chi connectivity index (χ2n) is 8.43. The molecule has 1 amide bonds. The number of aliphatic hydroxyl groups is 1. The number of anilines is 2. The molecule has 9 nitrogen and oxygen atoms in total. The van der Waals surface area contributed by atoms with Gasteiger partial charge in [0.05, 0.1) is 36.3 Å². The number of aromatic nitrogens is 3. The number of hydrogen-bond donors (Lipinski definition) is 4. The Bertz CT molecular complexity index is 1330. The molecule has 0 saturated carbocycles. The van der Waals surface area contributed by atoms with Gasteiger partial charge in [-0.25, -0.2) is 9.97 Å². The van der Waals surface area contributed by atoms with E-state index in [2.05, 4.69) is 25.6 Å². The van der Waals surface area contributed by atoms with Crippen LogP contribution in [-0.4, -0.2) is 57.1 Å². The van der Waals surface area contributed by atoms with Gasteiger partial charge < -0.3 is 25.5 Å². The predicted octanol–water partition coefficient (Wildman–Crippen LogP) is 3.39. The van der Waals surface area contributed by atoms with E-state index in [1.54, 1.807) is 30.5 Å². The quantitative estimate of drug-likeness (QED) is 0.304. The molecular weight excluding hydrogens is 446 g/mol. The monoisotopic (exact) mass is 471 g/mol. The van der Waals surface area contributed by atoms with Crippen molar-refractivity contribution in [1.82, 2.24) is 15.0 Å². The SMILES string of the molecule is O=C(Nc1ccccc1)c1ccc(C(=O)c2c[nH]c3ncnc(N[C@H]4CC[C@@H](CO)OC4)c23)cc1. The summed E-state index contributed by atoms with van der Waals surface area (Å²) >= 11 is 0. The van der Waals surface area contributed by atoms with Gasteiger partial charge in [-0.3, -0.25) is 9.59 Å². The van der Waals surface area contributed by atoms with Crippen LogP contribution in [0.5, 0.6) is 0 Å². The van der Waals surface area contributed by atoms with Crippen molar-refractivity contribution in [1.29, 1.82) is 0 Å². The highest BCUT2D eigenvalue weighted by atomic mass is 16.5. The molecule has 3 heterocycles. The number of nitrogens with zero attached hydrogens (tertiary/aromatic N) is 2. The van der Waals surface area contributed by atoms with E-state index in [1.165, 1.54) is 6.33 Å². The number of rotatable bonds is 7. The van der Waals surface area contributed by atoms with E-state index in [0.29, 0.717) is 45.8 Å². The molecular formula is C26H25N5O4. The number of H-pyrrole nitrogens is 1. The molecule has 35 heavy (non-hydrogen) atoms. The zero-order valence-electron chi connectivity index (χ0n) is 18.9. The van der Waals surface area contributed by atoms with Gasteiger partial charge in [0.25, 0.3) is 5.91 Å². The summed E-state index contributed by atoms with van der Waals surface area (Å²) in [6, 6.07) is 15.7.